The molecular weight excluding hydrogens is 282 g/mol. The first-order valence-electron chi connectivity index (χ1n) is 7.02. The summed E-state index contributed by atoms with van der Waals surface area (Å²) in [6.07, 6.45) is 0. The molecule has 1 atom stereocenters. The van der Waals surface area contributed by atoms with Crippen molar-refractivity contribution in [2.75, 3.05) is 13.9 Å². The molecule has 1 N–H and O–H groups in total. The number of amides is 1. The normalized spacial score (nSPS) is 13.5. The average Bonchev–Trinajstić information content (AvgIpc) is 3.02. The monoisotopic (exact) mass is 299 g/mol. The van der Waals surface area contributed by atoms with Crippen LogP contribution < -0.4 is 19.5 Å². The van der Waals surface area contributed by atoms with Crippen molar-refractivity contribution in [3.8, 4) is 17.2 Å². The van der Waals surface area contributed by atoms with Crippen LogP contribution in [0.3, 0.4) is 0 Å². The van der Waals surface area contributed by atoms with Crippen LogP contribution in [0.5, 0.6) is 17.2 Å². The van der Waals surface area contributed by atoms with E-state index in [2.05, 4.69) is 5.32 Å². The zero-order chi connectivity index (χ0) is 15.5. The highest BCUT2D eigenvalue weighted by Crippen LogP contribution is 2.34. The molecule has 0 fully saturated rings. The third-order valence-corrected chi connectivity index (χ3v) is 3.60. The summed E-state index contributed by atoms with van der Waals surface area (Å²) in [7, 11) is 1.55. The second kappa shape index (κ2) is 5.97. The van der Waals surface area contributed by atoms with Crippen molar-refractivity contribution < 1.29 is 19.0 Å². The topological polar surface area (TPSA) is 56.8 Å². The van der Waals surface area contributed by atoms with Gasteiger partial charge < -0.3 is 19.5 Å². The number of hydrogen-bond donors (Lipinski definition) is 1. The van der Waals surface area contributed by atoms with E-state index in [1.54, 1.807) is 19.2 Å². The summed E-state index contributed by atoms with van der Waals surface area (Å²) in [5.41, 5.74) is 1.46. The number of fused-ring (bicyclic) bond motifs is 1. The first kappa shape index (κ1) is 14.3. The number of rotatable bonds is 4. The molecule has 0 spiro atoms. The summed E-state index contributed by atoms with van der Waals surface area (Å²) in [6, 6.07) is 12.6. The van der Waals surface area contributed by atoms with E-state index in [9.17, 15) is 4.79 Å². The highest BCUT2D eigenvalue weighted by atomic mass is 16.7. The molecule has 0 saturated heterocycles. The Morgan fingerprint density at radius 1 is 1.18 bits per heavy atom. The lowest BCUT2D eigenvalue weighted by atomic mass is 10.1. The van der Waals surface area contributed by atoms with E-state index >= 15 is 0 Å². The maximum atomic E-state index is 12.4. The van der Waals surface area contributed by atoms with Crippen LogP contribution in [0.2, 0.25) is 0 Å². The molecule has 0 unspecified atom stereocenters. The summed E-state index contributed by atoms with van der Waals surface area (Å²) < 4.78 is 15.9. The van der Waals surface area contributed by atoms with Gasteiger partial charge in [-0.05, 0) is 36.8 Å². The third kappa shape index (κ3) is 2.70. The predicted octanol–water partition coefficient (Wildman–Crippen LogP) is 2.91. The third-order valence-electron chi connectivity index (χ3n) is 3.60. The van der Waals surface area contributed by atoms with Crippen molar-refractivity contribution in [1.82, 2.24) is 5.32 Å². The number of carbonyl (C=O) groups is 1. The van der Waals surface area contributed by atoms with Gasteiger partial charge >= 0.3 is 0 Å². The molecule has 1 heterocycles. The van der Waals surface area contributed by atoms with Gasteiger partial charge in [0, 0.05) is 0 Å². The van der Waals surface area contributed by atoms with E-state index in [1.807, 2.05) is 37.3 Å². The van der Waals surface area contributed by atoms with Crippen molar-refractivity contribution in [1.29, 1.82) is 0 Å². The second-order valence-corrected chi connectivity index (χ2v) is 5.01. The minimum atomic E-state index is -0.178. The summed E-state index contributed by atoms with van der Waals surface area (Å²) in [5.74, 6) is 1.81. The largest absolute Gasteiger partial charge is 0.496 e. The molecule has 5 heteroatoms. The van der Waals surface area contributed by atoms with Gasteiger partial charge in [0.15, 0.2) is 11.5 Å². The van der Waals surface area contributed by atoms with Crippen LogP contribution in [0.1, 0.15) is 28.9 Å². The molecule has 1 aliphatic rings. The Bertz CT molecular complexity index is 699. The molecule has 0 radical (unpaired) electrons. The number of methoxy groups -OCH3 is 1. The SMILES string of the molecule is COc1ccccc1C(=O)N[C@H](C)c1ccc2c(c1)OCO2. The van der Waals surface area contributed by atoms with Gasteiger partial charge in [-0.15, -0.1) is 0 Å². The standard InChI is InChI=1S/C17H17NO4/c1-11(12-7-8-15-16(9-12)22-10-21-15)18-17(19)13-5-3-4-6-14(13)20-2/h3-9,11H,10H2,1-2H3,(H,18,19)/t11-/m1/s1. The van der Waals surface area contributed by atoms with Crippen LogP contribution >= 0.6 is 0 Å². The Hall–Kier alpha value is -2.69. The van der Waals surface area contributed by atoms with E-state index in [0.717, 1.165) is 11.3 Å². The number of carbonyl (C=O) groups excluding carboxylic acids is 1. The lowest BCUT2D eigenvalue weighted by Gasteiger charge is -2.16. The lowest BCUT2D eigenvalue weighted by molar-refractivity contribution is 0.0936. The molecule has 22 heavy (non-hydrogen) atoms. The minimum Gasteiger partial charge on any atom is -0.496 e. The van der Waals surface area contributed by atoms with Gasteiger partial charge in [-0.25, -0.2) is 0 Å². The quantitative estimate of drug-likeness (QED) is 0.943. The summed E-state index contributed by atoms with van der Waals surface area (Å²) in [4.78, 5) is 12.4. The Balaban J connectivity index is 1.76. The predicted molar refractivity (Wildman–Crippen MR) is 81.4 cm³/mol. The molecule has 114 valence electrons. The number of hydrogen-bond acceptors (Lipinski definition) is 4. The van der Waals surface area contributed by atoms with E-state index in [-0.39, 0.29) is 18.7 Å². The smallest absolute Gasteiger partial charge is 0.255 e. The Morgan fingerprint density at radius 2 is 1.95 bits per heavy atom. The number of benzene rings is 2. The maximum absolute atomic E-state index is 12.4. The van der Waals surface area contributed by atoms with Gasteiger partial charge in [0.05, 0.1) is 18.7 Å². The highest BCUT2D eigenvalue weighted by Gasteiger charge is 2.18. The number of ether oxygens (including phenoxy) is 3. The molecule has 3 rings (SSSR count). The number of nitrogens with one attached hydrogen (secondary N) is 1. The van der Waals surface area contributed by atoms with Crippen molar-refractivity contribution >= 4 is 5.91 Å². The zero-order valence-electron chi connectivity index (χ0n) is 12.5. The zero-order valence-corrected chi connectivity index (χ0v) is 12.5. The molecule has 0 saturated carbocycles. The van der Waals surface area contributed by atoms with Gasteiger partial charge in [0.25, 0.3) is 5.91 Å². The Kier molecular flexibility index (Phi) is 3.87. The average molecular weight is 299 g/mol. The summed E-state index contributed by atoms with van der Waals surface area (Å²) in [5, 5.41) is 2.96. The molecule has 0 aromatic heterocycles. The fraction of sp³-hybridized carbons (Fsp3) is 0.235. The fourth-order valence-corrected chi connectivity index (χ4v) is 2.37. The van der Waals surface area contributed by atoms with Crippen LogP contribution in [0.15, 0.2) is 42.5 Å². The van der Waals surface area contributed by atoms with Gasteiger partial charge in [-0.2, -0.15) is 0 Å². The Morgan fingerprint density at radius 3 is 2.77 bits per heavy atom. The Labute approximate surface area is 128 Å². The molecule has 1 amide bonds. The van der Waals surface area contributed by atoms with Crippen molar-refractivity contribution in [2.24, 2.45) is 0 Å². The molecule has 2 aromatic rings. The van der Waals surface area contributed by atoms with Gasteiger partial charge in [-0.1, -0.05) is 18.2 Å². The van der Waals surface area contributed by atoms with E-state index in [1.165, 1.54) is 0 Å². The molecule has 0 aliphatic carbocycles. The molecule has 5 nitrogen and oxygen atoms in total. The highest BCUT2D eigenvalue weighted by molar-refractivity contribution is 5.97. The van der Waals surface area contributed by atoms with E-state index in [0.29, 0.717) is 17.1 Å². The van der Waals surface area contributed by atoms with E-state index < -0.39 is 0 Å². The van der Waals surface area contributed by atoms with Gasteiger partial charge in [0.2, 0.25) is 6.79 Å². The summed E-state index contributed by atoms with van der Waals surface area (Å²) in [6.45, 7) is 2.16. The lowest BCUT2D eigenvalue weighted by Crippen LogP contribution is -2.27. The maximum Gasteiger partial charge on any atom is 0.255 e. The van der Waals surface area contributed by atoms with Crippen molar-refractivity contribution in [2.45, 2.75) is 13.0 Å². The minimum absolute atomic E-state index is 0.160. The molecular formula is C17H17NO4. The first-order valence-corrected chi connectivity index (χ1v) is 7.02. The van der Waals surface area contributed by atoms with Crippen LogP contribution in [0.25, 0.3) is 0 Å². The van der Waals surface area contributed by atoms with Gasteiger partial charge in [0.1, 0.15) is 5.75 Å². The van der Waals surface area contributed by atoms with Crippen LogP contribution in [0, 0.1) is 0 Å². The van der Waals surface area contributed by atoms with Crippen LogP contribution in [-0.4, -0.2) is 19.8 Å². The van der Waals surface area contributed by atoms with Gasteiger partial charge in [-0.3, -0.25) is 4.79 Å². The van der Waals surface area contributed by atoms with Crippen LogP contribution in [-0.2, 0) is 0 Å². The van der Waals surface area contributed by atoms with Crippen LogP contribution in [0.4, 0.5) is 0 Å². The van der Waals surface area contributed by atoms with Crippen molar-refractivity contribution in [3.05, 3.63) is 53.6 Å². The van der Waals surface area contributed by atoms with Crippen molar-refractivity contribution in [3.63, 3.8) is 0 Å². The summed E-state index contributed by atoms with van der Waals surface area (Å²) >= 11 is 0. The fourth-order valence-electron chi connectivity index (χ4n) is 2.37. The molecule has 0 bridgehead atoms. The number of para-hydroxylation sites is 1. The second-order valence-electron chi connectivity index (χ2n) is 5.01. The molecule has 2 aromatic carbocycles. The first-order chi connectivity index (χ1) is 10.7. The van der Waals surface area contributed by atoms with E-state index in [4.69, 9.17) is 14.2 Å². The molecule has 1 aliphatic heterocycles.